The molecule has 0 atom stereocenters. The van der Waals surface area contributed by atoms with E-state index in [1.807, 2.05) is 17.5 Å². The lowest BCUT2D eigenvalue weighted by atomic mass is 10.2. The summed E-state index contributed by atoms with van der Waals surface area (Å²) < 4.78 is 5.34. The van der Waals surface area contributed by atoms with Gasteiger partial charge in [0.05, 0.1) is 23.7 Å². The Kier molecular flexibility index (Phi) is 6.41. The Labute approximate surface area is 187 Å². The van der Waals surface area contributed by atoms with Gasteiger partial charge in [0, 0.05) is 22.5 Å². The summed E-state index contributed by atoms with van der Waals surface area (Å²) in [6, 6.07) is 10.2. The van der Waals surface area contributed by atoms with Gasteiger partial charge in [-0.25, -0.2) is 0 Å². The number of aromatic nitrogens is 1. The van der Waals surface area contributed by atoms with E-state index in [0.29, 0.717) is 35.4 Å². The van der Waals surface area contributed by atoms with E-state index in [0.717, 1.165) is 17.7 Å². The molecule has 0 saturated heterocycles. The van der Waals surface area contributed by atoms with Gasteiger partial charge < -0.3 is 14.7 Å². The lowest BCUT2D eigenvalue weighted by molar-refractivity contribution is 0.0715. The third kappa shape index (κ3) is 5.22. The third-order valence-electron chi connectivity index (χ3n) is 4.76. The summed E-state index contributed by atoms with van der Waals surface area (Å²) in [4.78, 5) is 28.0. The van der Waals surface area contributed by atoms with Crippen LogP contribution in [0.4, 0.5) is 0 Å². The van der Waals surface area contributed by atoms with Crippen molar-refractivity contribution in [1.29, 1.82) is 0 Å². The Hall–Kier alpha value is -2.35. The second-order valence-corrected chi connectivity index (χ2v) is 9.07. The molecule has 1 aromatic carbocycles. The first-order valence-electron chi connectivity index (χ1n) is 9.50. The van der Waals surface area contributed by atoms with Crippen molar-refractivity contribution in [3.8, 4) is 0 Å². The minimum Gasteiger partial charge on any atom is -0.359 e. The van der Waals surface area contributed by atoms with E-state index >= 15 is 0 Å². The van der Waals surface area contributed by atoms with Crippen LogP contribution in [0.3, 0.4) is 0 Å². The zero-order valence-electron chi connectivity index (χ0n) is 15.9. The number of benzene rings is 1. The van der Waals surface area contributed by atoms with E-state index in [-0.39, 0.29) is 29.1 Å². The van der Waals surface area contributed by atoms with Crippen molar-refractivity contribution in [3.05, 3.63) is 73.7 Å². The van der Waals surface area contributed by atoms with Gasteiger partial charge in [0.25, 0.3) is 11.8 Å². The maximum Gasteiger partial charge on any atom is 0.273 e. The predicted octanol–water partition coefficient (Wildman–Crippen LogP) is 5.03. The van der Waals surface area contributed by atoms with Gasteiger partial charge in [-0.15, -0.1) is 11.3 Å². The molecule has 6 nitrogen and oxygen atoms in total. The third-order valence-corrected chi connectivity index (χ3v) is 6.17. The van der Waals surface area contributed by atoms with E-state index in [1.165, 1.54) is 6.07 Å². The number of nitrogens with zero attached hydrogens (tertiary/aromatic N) is 2. The molecule has 30 heavy (non-hydrogen) atoms. The molecule has 1 aliphatic carbocycles. The topological polar surface area (TPSA) is 75.4 Å². The predicted molar refractivity (Wildman–Crippen MR) is 116 cm³/mol. The normalized spacial score (nSPS) is 13.3. The Morgan fingerprint density at radius 3 is 2.73 bits per heavy atom. The summed E-state index contributed by atoms with van der Waals surface area (Å²) in [7, 11) is 0. The molecule has 0 unspecified atom stereocenters. The fraction of sp³-hybridized carbons (Fsp3) is 0.286. The van der Waals surface area contributed by atoms with Crippen LogP contribution in [0.2, 0.25) is 10.0 Å². The Bertz CT molecular complexity index is 1050. The molecule has 1 saturated carbocycles. The van der Waals surface area contributed by atoms with Gasteiger partial charge in [0.1, 0.15) is 0 Å². The average Bonchev–Trinajstić information content (AvgIpc) is 3.19. The van der Waals surface area contributed by atoms with Gasteiger partial charge in [-0.05, 0) is 48.4 Å². The summed E-state index contributed by atoms with van der Waals surface area (Å²) >= 11 is 13.8. The largest absolute Gasteiger partial charge is 0.359 e. The van der Waals surface area contributed by atoms with Gasteiger partial charge >= 0.3 is 0 Å². The Morgan fingerprint density at radius 2 is 2.03 bits per heavy atom. The zero-order chi connectivity index (χ0) is 21.1. The van der Waals surface area contributed by atoms with Crippen LogP contribution in [-0.2, 0) is 13.1 Å². The summed E-state index contributed by atoms with van der Waals surface area (Å²) in [5, 5.41) is 9.40. The van der Waals surface area contributed by atoms with Crippen molar-refractivity contribution in [2.24, 2.45) is 5.92 Å². The fourth-order valence-electron chi connectivity index (χ4n) is 2.96. The molecule has 0 spiro atoms. The molecular weight excluding hydrogens is 445 g/mol. The van der Waals surface area contributed by atoms with Gasteiger partial charge in [0.2, 0.25) is 0 Å². The standard InChI is InChI=1S/C21H19Cl2N3O3S/c22-14-5-6-17(18(23)8-14)21(28)26(12-16-2-1-7-30-16)11-15-9-19(25-29-15)20(27)24-10-13-3-4-13/h1-2,5-9,13H,3-4,10-12H2,(H,24,27). The molecule has 9 heteroatoms. The number of hydrogen-bond acceptors (Lipinski definition) is 5. The number of thiophene rings is 1. The summed E-state index contributed by atoms with van der Waals surface area (Å²) in [5.74, 6) is 0.458. The van der Waals surface area contributed by atoms with E-state index < -0.39 is 0 Å². The summed E-state index contributed by atoms with van der Waals surface area (Å²) in [5.41, 5.74) is 0.554. The Morgan fingerprint density at radius 1 is 1.20 bits per heavy atom. The van der Waals surface area contributed by atoms with E-state index in [2.05, 4.69) is 10.5 Å². The first-order valence-corrected chi connectivity index (χ1v) is 11.1. The van der Waals surface area contributed by atoms with Crippen LogP contribution in [-0.4, -0.2) is 28.4 Å². The monoisotopic (exact) mass is 463 g/mol. The molecule has 1 fully saturated rings. The highest BCUT2D eigenvalue weighted by atomic mass is 35.5. The first-order chi connectivity index (χ1) is 14.5. The quantitative estimate of drug-likeness (QED) is 0.508. The average molecular weight is 464 g/mol. The van der Waals surface area contributed by atoms with Crippen LogP contribution < -0.4 is 5.32 Å². The lowest BCUT2D eigenvalue weighted by Gasteiger charge is -2.21. The molecule has 0 bridgehead atoms. The van der Waals surface area contributed by atoms with E-state index in [4.69, 9.17) is 27.7 Å². The SMILES string of the molecule is O=C(NCC1CC1)c1cc(CN(Cc2cccs2)C(=O)c2ccc(Cl)cc2Cl)on1. The highest BCUT2D eigenvalue weighted by Gasteiger charge is 2.24. The molecule has 1 aliphatic rings. The van der Waals surface area contributed by atoms with E-state index in [1.54, 1.807) is 34.4 Å². The van der Waals surface area contributed by atoms with Crippen LogP contribution in [0.1, 0.15) is 44.3 Å². The van der Waals surface area contributed by atoms with Gasteiger partial charge in [-0.2, -0.15) is 0 Å². The summed E-state index contributed by atoms with van der Waals surface area (Å²) in [6.45, 7) is 1.18. The Balaban J connectivity index is 1.51. The second kappa shape index (κ2) is 9.20. The molecule has 0 aliphatic heterocycles. The van der Waals surface area contributed by atoms with Crippen molar-refractivity contribution in [1.82, 2.24) is 15.4 Å². The van der Waals surface area contributed by atoms with Gasteiger partial charge in [-0.1, -0.05) is 34.4 Å². The lowest BCUT2D eigenvalue weighted by Crippen LogP contribution is -2.30. The number of rotatable bonds is 8. The number of carbonyl (C=O) groups is 2. The number of nitrogens with one attached hydrogen (secondary N) is 1. The smallest absolute Gasteiger partial charge is 0.273 e. The van der Waals surface area contributed by atoms with Crippen LogP contribution in [0.25, 0.3) is 0 Å². The van der Waals surface area contributed by atoms with Crippen LogP contribution in [0.5, 0.6) is 0 Å². The minimum atomic E-state index is -0.270. The number of amides is 2. The van der Waals surface area contributed by atoms with Crippen LogP contribution in [0, 0.1) is 5.92 Å². The van der Waals surface area contributed by atoms with Crippen molar-refractivity contribution < 1.29 is 14.1 Å². The maximum atomic E-state index is 13.2. The molecule has 1 N–H and O–H groups in total. The highest BCUT2D eigenvalue weighted by molar-refractivity contribution is 7.09. The van der Waals surface area contributed by atoms with Crippen molar-refractivity contribution in [2.45, 2.75) is 25.9 Å². The van der Waals surface area contributed by atoms with E-state index in [9.17, 15) is 9.59 Å². The fourth-order valence-corrected chi connectivity index (χ4v) is 4.16. The first kappa shape index (κ1) is 20.9. The molecule has 2 heterocycles. The molecular formula is C21H19Cl2N3O3S. The molecule has 4 rings (SSSR count). The maximum absolute atomic E-state index is 13.2. The molecule has 2 aromatic heterocycles. The van der Waals surface area contributed by atoms with Crippen LogP contribution in [0.15, 0.2) is 46.3 Å². The number of hydrogen-bond donors (Lipinski definition) is 1. The van der Waals surface area contributed by atoms with Crippen molar-refractivity contribution in [3.63, 3.8) is 0 Å². The van der Waals surface area contributed by atoms with Crippen LogP contribution >= 0.6 is 34.5 Å². The number of halogens is 2. The molecule has 2 amide bonds. The highest BCUT2D eigenvalue weighted by Crippen LogP contribution is 2.28. The molecule has 0 radical (unpaired) electrons. The van der Waals surface area contributed by atoms with Gasteiger partial charge in [-0.3, -0.25) is 9.59 Å². The molecule has 156 valence electrons. The van der Waals surface area contributed by atoms with Crippen molar-refractivity contribution >= 4 is 46.4 Å². The molecule has 3 aromatic rings. The van der Waals surface area contributed by atoms with Gasteiger partial charge in [0.15, 0.2) is 11.5 Å². The summed E-state index contributed by atoms with van der Waals surface area (Å²) in [6.07, 6.45) is 2.30. The second-order valence-electron chi connectivity index (χ2n) is 7.20. The minimum absolute atomic E-state index is 0.151. The zero-order valence-corrected chi connectivity index (χ0v) is 18.3. The number of carbonyl (C=O) groups excluding carboxylic acids is 2. The van der Waals surface area contributed by atoms with Crippen molar-refractivity contribution in [2.75, 3.05) is 6.54 Å².